The van der Waals surface area contributed by atoms with E-state index in [4.69, 9.17) is 24.7 Å². The number of nitrogens with one attached hydrogen (secondary N) is 3. The van der Waals surface area contributed by atoms with Crippen molar-refractivity contribution in [3.05, 3.63) is 123 Å². The molecule has 4 aromatic carbocycles. The number of esters is 1. The molecule has 6 aliphatic rings. The van der Waals surface area contributed by atoms with Crippen LogP contribution >= 0.6 is 0 Å². The second kappa shape index (κ2) is 17.8. The number of ether oxygens (including phenoxy) is 4. The smallest absolute Gasteiger partial charge is 0.302 e. The molecule has 342 valence electrons. The van der Waals surface area contributed by atoms with Crippen molar-refractivity contribution in [2.45, 2.75) is 88.4 Å². The fourth-order valence-electron chi connectivity index (χ4n) is 11.9. The first-order valence-corrected chi connectivity index (χ1v) is 23.3. The predicted molar refractivity (Wildman–Crippen MR) is 253 cm³/mol. The third-order valence-electron chi connectivity index (χ3n) is 14.7. The second-order valence-corrected chi connectivity index (χ2v) is 18.5. The lowest BCUT2D eigenvalue weighted by Crippen LogP contribution is -2.38. The minimum Gasteiger partial charge on any atom is -0.508 e. The van der Waals surface area contributed by atoms with Crippen LogP contribution in [0.15, 0.2) is 84.1 Å². The van der Waals surface area contributed by atoms with E-state index >= 15 is 0 Å². The summed E-state index contributed by atoms with van der Waals surface area (Å²) < 4.78 is 25.7. The van der Waals surface area contributed by atoms with Crippen molar-refractivity contribution in [2.75, 3.05) is 38.9 Å². The Balaban J connectivity index is 1.23. The number of carbonyl (C=O) groups is 1. The van der Waals surface area contributed by atoms with Gasteiger partial charge in [0.05, 0.1) is 23.8 Å². The molecule has 0 radical (unpaired) electrons. The van der Waals surface area contributed by atoms with Gasteiger partial charge in [0.1, 0.15) is 36.6 Å². The first kappa shape index (κ1) is 43.5. The van der Waals surface area contributed by atoms with Gasteiger partial charge in [0.15, 0.2) is 18.3 Å². The number of phenolic OH excluding ortho intramolecular Hbond substituents is 2. The van der Waals surface area contributed by atoms with Crippen molar-refractivity contribution >= 4 is 17.7 Å². The summed E-state index contributed by atoms with van der Waals surface area (Å²) in [6, 6.07) is 17.8. The Kier molecular flexibility index (Phi) is 11.7. The molecule has 66 heavy (non-hydrogen) atoms. The van der Waals surface area contributed by atoms with Crippen LogP contribution in [0.1, 0.15) is 90.5 Å². The maximum Gasteiger partial charge on any atom is 0.302 e. The highest BCUT2D eigenvalue weighted by Crippen LogP contribution is 2.64. The van der Waals surface area contributed by atoms with E-state index in [1.54, 1.807) is 12.1 Å². The number of hydrogen-bond donors (Lipinski definition) is 7. The molecular weight excluding hydrogens is 833 g/mol. The lowest BCUT2D eigenvalue weighted by atomic mass is 9.64. The van der Waals surface area contributed by atoms with Crippen LogP contribution in [0.3, 0.4) is 0 Å². The molecule has 1 saturated carbocycles. The molecule has 4 heterocycles. The van der Waals surface area contributed by atoms with Gasteiger partial charge >= 0.3 is 5.97 Å². The molecule has 4 aliphatic heterocycles. The molecule has 7 atom stereocenters. The Labute approximate surface area is 385 Å². The lowest BCUT2D eigenvalue weighted by molar-refractivity contribution is -0.141. The van der Waals surface area contributed by atoms with Crippen molar-refractivity contribution in [2.24, 2.45) is 17.6 Å². The number of fused-ring (bicyclic) bond motifs is 8. The number of anilines is 1. The fourth-order valence-corrected chi connectivity index (χ4v) is 11.9. The molecule has 0 amide bonds. The SMILES string of the molecule is CCNc1ccccc1CCC1C2=C(C#CCc3cc(O)c4c(c3C3Oc5c(ccc6c5C5(CCC1C5)Cc1cc(O)cc(OCO)c1-6)C3COC(C)=O)C=CC(NC)CO4)NC(N)C=C2. The molecule has 0 saturated heterocycles. The number of nitrogens with two attached hydrogens (primary N) is 1. The van der Waals surface area contributed by atoms with Crippen LogP contribution in [0.25, 0.3) is 17.2 Å². The number of likely N-dealkylation sites (N-methyl/N-ethyl adjacent to an activating group) is 1. The molecular formula is C54H58N4O8. The minimum absolute atomic E-state index is 0.000362. The Morgan fingerprint density at radius 1 is 1.06 bits per heavy atom. The van der Waals surface area contributed by atoms with Gasteiger partial charge in [-0.15, -0.1) is 0 Å². The normalized spacial score (nSPS) is 25.2. The monoisotopic (exact) mass is 890 g/mol. The van der Waals surface area contributed by atoms with Crippen molar-refractivity contribution in [1.29, 1.82) is 0 Å². The van der Waals surface area contributed by atoms with Crippen LogP contribution in [-0.2, 0) is 34.2 Å². The zero-order chi connectivity index (χ0) is 45.7. The quantitative estimate of drug-likeness (QED) is 0.0478. The van der Waals surface area contributed by atoms with Gasteiger partial charge in [0.25, 0.3) is 0 Å². The summed E-state index contributed by atoms with van der Waals surface area (Å²) in [6.45, 7) is 4.15. The summed E-state index contributed by atoms with van der Waals surface area (Å²) >= 11 is 0. The summed E-state index contributed by atoms with van der Waals surface area (Å²) in [7, 11) is 1.87. The number of allylic oxidation sites excluding steroid dienone is 3. The number of carbonyl (C=O) groups excluding carboxylic acids is 1. The van der Waals surface area contributed by atoms with Crippen molar-refractivity contribution in [1.82, 2.24) is 10.6 Å². The second-order valence-electron chi connectivity index (χ2n) is 18.5. The van der Waals surface area contributed by atoms with Gasteiger partial charge in [-0.25, -0.2) is 0 Å². The number of phenols is 2. The molecule has 2 aliphatic carbocycles. The van der Waals surface area contributed by atoms with Gasteiger partial charge in [-0.3, -0.25) is 4.79 Å². The zero-order valence-electron chi connectivity index (χ0n) is 37.7. The number of hydrogen-bond acceptors (Lipinski definition) is 12. The van der Waals surface area contributed by atoms with Gasteiger partial charge in [0, 0.05) is 64.9 Å². The average Bonchev–Trinajstić information content (AvgIpc) is 3.80. The van der Waals surface area contributed by atoms with Crippen LogP contribution in [0.4, 0.5) is 5.69 Å². The van der Waals surface area contributed by atoms with E-state index in [-0.39, 0.29) is 42.4 Å². The van der Waals surface area contributed by atoms with Crippen LogP contribution in [0.5, 0.6) is 28.7 Å². The van der Waals surface area contributed by atoms with E-state index in [1.807, 2.05) is 31.3 Å². The Morgan fingerprint density at radius 3 is 2.74 bits per heavy atom. The Morgan fingerprint density at radius 2 is 1.92 bits per heavy atom. The number of aliphatic hydroxyl groups is 1. The number of aromatic hydroxyl groups is 2. The molecule has 1 fully saturated rings. The number of benzene rings is 4. The maximum absolute atomic E-state index is 12.7. The van der Waals surface area contributed by atoms with E-state index in [1.165, 1.54) is 12.5 Å². The third-order valence-corrected chi connectivity index (χ3v) is 14.7. The number of para-hydroxylation sites is 1. The first-order valence-electron chi connectivity index (χ1n) is 23.3. The van der Waals surface area contributed by atoms with Crippen LogP contribution < -0.4 is 35.9 Å². The summed E-state index contributed by atoms with van der Waals surface area (Å²) in [6.07, 6.45) is 12.3. The van der Waals surface area contributed by atoms with E-state index in [0.717, 1.165) is 100 Å². The minimum atomic E-state index is -0.673. The molecule has 4 bridgehead atoms. The molecule has 12 nitrogen and oxygen atoms in total. The summed E-state index contributed by atoms with van der Waals surface area (Å²) in [5.74, 6) is 8.08. The number of dihydropyridines is 1. The molecule has 7 unspecified atom stereocenters. The highest BCUT2D eigenvalue weighted by Gasteiger charge is 2.52. The fraction of sp³-hybridized carbons (Fsp3) is 0.389. The van der Waals surface area contributed by atoms with Crippen molar-refractivity contribution in [3.8, 4) is 51.7 Å². The third kappa shape index (κ3) is 7.72. The summed E-state index contributed by atoms with van der Waals surface area (Å²) in [4.78, 5) is 12.7. The van der Waals surface area contributed by atoms with Gasteiger partial charge in [-0.1, -0.05) is 54.5 Å². The molecule has 10 rings (SSSR count). The van der Waals surface area contributed by atoms with E-state index in [2.05, 4.69) is 77.2 Å². The number of rotatable bonds is 10. The van der Waals surface area contributed by atoms with E-state index in [9.17, 15) is 20.1 Å². The van der Waals surface area contributed by atoms with Crippen LogP contribution in [-0.4, -0.2) is 67.1 Å². The van der Waals surface area contributed by atoms with Gasteiger partial charge < -0.3 is 56.0 Å². The van der Waals surface area contributed by atoms with Crippen molar-refractivity contribution in [3.63, 3.8) is 0 Å². The standard InChI is InChI=1S/C54H58N4O8/c1-4-57-43-10-6-5-8-31(43)12-14-37-33-20-21-54(25-33)26-34-22-36(61)24-46(65-29-59)48(34)40-17-16-39-42(28-63-30(2)60)52(66-53(39)50(40)54)49-32(9-7-11-44-38(37)18-19-47(55)58-44)23-45(62)51-41(49)15-13-35(56-3)27-64-51/h5-6,8,10,13,15-19,22-24,33,35,37,42,47,52,56-59,61-62H,4,9,12,14,20-21,25-29,55H2,1-3H3. The van der Waals surface area contributed by atoms with Crippen LogP contribution in [0.2, 0.25) is 0 Å². The van der Waals surface area contributed by atoms with Crippen molar-refractivity contribution < 1.29 is 39.1 Å². The molecule has 0 aromatic heterocycles. The highest BCUT2D eigenvalue weighted by atomic mass is 16.6. The van der Waals surface area contributed by atoms with E-state index in [0.29, 0.717) is 30.1 Å². The molecule has 4 aromatic rings. The van der Waals surface area contributed by atoms with Crippen LogP contribution in [0, 0.1) is 23.7 Å². The molecule has 12 heteroatoms. The topological polar surface area (TPSA) is 177 Å². The molecule has 1 spiro atoms. The average molecular weight is 891 g/mol. The Hall–Kier alpha value is -6.39. The molecule has 8 N–H and O–H groups in total. The largest absolute Gasteiger partial charge is 0.508 e. The first-order chi connectivity index (χ1) is 32.1. The van der Waals surface area contributed by atoms with Gasteiger partial charge in [-0.05, 0) is 122 Å². The van der Waals surface area contributed by atoms with Gasteiger partial charge in [0.2, 0.25) is 0 Å². The zero-order valence-corrected chi connectivity index (χ0v) is 37.7. The Bertz CT molecular complexity index is 2750. The van der Waals surface area contributed by atoms with Gasteiger partial charge in [-0.2, -0.15) is 0 Å². The number of aryl methyl sites for hydroxylation is 1. The summed E-state index contributed by atoms with van der Waals surface area (Å²) in [5.41, 5.74) is 17.4. The predicted octanol–water partition coefficient (Wildman–Crippen LogP) is 7.40. The highest BCUT2D eigenvalue weighted by molar-refractivity contribution is 5.84. The number of aliphatic hydroxyl groups excluding tert-OH is 1. The lowest BCUT2D eigenvalue weighted by Gasteiger charge is -2.40. The summed E-state index contributed by atoms with van der Waals surface area (Å²) in [5, 5.41) is 43.4. The maximum atomic E-state index is 12.7. The van der Waals surface area contributed by atoms with E-state index < -0.39 is 36.4 Å².